The summed E-state index contributed by atoms with van der Waals surface area (Å²) >= 11 is 0. The predicted octanol–water partition coefficient (Wildman–Crippen LogP) is -1.80. The maximum atomic E-state index is 10.7. The molecule has 0 aromatic heterocycles. The lowest BCUT2D eigenvalue weighted by atomic mass is 9.79. The van der Waals surface area contributed by atoms with E-state index in [0.29, 0.717) is 13.1 Å². The summed E-state index contributed by atoms with van der Waals surface area (Å²) in [5.41, 5.74) is 7.09. The zero-order valence-electron chi connectivity index (χ0n) is 7.26. The Bertz CT molecular complexity index is 145. The molecule has 0 amide bonds. The first-order valence-corrected chi connectivity index (χ1v) is 3.77. The smallest absolute Gasteiger partial charge is 0.313 e. The zero-order valence-corrected chi connectivity index (χ0v) is 7.26. The second-order valence-corrected chi connectivity index (χ2v) is 3.42. The molecule has 0 aliphatic carbocycles. The number of hydrogen-bond donors (Lipinski definition) is 3. The Morgan fingerprint density at radius 1 is 1.55 bits per heavy atom. The maximum absolute atomic E-state index is 10.7. The van der Waals surface area contributed by atoms with Crippen molar-refractivity contribution in [1.82, 2.24) is 0 Å². The minimum absolute atomic E-state index is 0.242. The van der Waals surface area contributed by atoms with Gasteiger partial charge in [0.25, 0.3) is 0 Å². The Balaban J connectivity index is 4.36. The molecule has 0 aliphatic rings. The van der Waals surface area contributed by atoms with Gasteiger partial charge in [0.15, 0.2) is 0 Å². The molecule has 0 saturated heterocycles. The monoisotopic (exact) mass is 162 g/mol. The van der Waals surface area contributed by atoms with E-state index in [0.717, 1.165) is 0 Å². The zero-order chi connectivity index (χ0) is 9.07. The van der Waals surface area contributed by atoms with Crippen molar-refractivity contribution in [3.63, 3.8) is 0 Å². The van der Waals surface area contributed by atoms with Crippen molar-refractivity contribution < 1.29 is 21.4 Å². The lowest BCUT2D eigenvalue weighted by molar-refractivity contribution is -0.413. The fourth-order valence-corrected chi connectivity index (χ4v) is 1.02. The molecule has 4 nitrogen and oxygen atoms in total. The van der Waals surface area contributed by atoms with Crippen molar-refractivity contribution in [2.24, 2.45) is 11.3 Å². The number of carboxylic acid groups (broad SMARTS) is 1. The lowest BCUT2D eigenvalue weighted by Gasteiger charge is -2.24. The first-order chi connectivity index (χ1) is 4.95. The van der Waals surface area contributed by atoms with Crippen LogP contribution in [0.5, 0.6) is 0 Å². The molecular formula is C7H18N2O2+2. The lowest BCUT2D eigenvalue weighted by Crippen LogP contribution is -2.64. The summed E-state index contributed by atoms with van der Waals surface area (Å²) in [5, 5.41) is 8.77. The average Bonchev–Trinajstić information content (AvgIpc) is 1.88. The normalized spacial score (nSPS) is 14.5. The summed E-state index contributed by atoms with van der Waals surface area (Å²) in [6.07, 6.45) is 0. The molecule has 7 N–H and O–H groups in total. The van der Waals surface area contributed by atoms with Crippen LogP contribution in [-0.2, 0) is 4.79 Å². The average molecular weight is 162 g/mol. The number of hydrogen-bond acceptors (Lipinski definition) is 1. The second kappa shape index (κ2) is 3.69. The van der Waals surface area contributed by atoms with Crippen LogP contribution in [-0.4, -0.2) is 24.2 Å². The molecule has 1 atom stereocenters. The van der Waals surface area contributed by atoms with E-state index in [9.17, 15) is 4.79 Å². The molecular weight excluding hydrogens is 144 g/mol. The Hall–Kier alpha value is -0.610. The van der Waals surface area contributed by atoms with Gasteiger partial charge in [-0.3, -0.25) is 4.79 Å². The van der Waals surface area contributed by atoms with Crippen LogP contribution in [0.2, 0.25) is 0 Å². The Morgan fingerprint density at radius 3 is 2.09 bits per heavy atom. The fourth-order valence-electron chi connectivity index (χ4n) is 1.02. The Morgan fingerprint density at radius 2 is 2.00 bits per heavy atom. The van der Waals surface area contributed by atoms with Gasteiger partial charge < -0.3 is 16.6 Å². The van der Waals surface area contributed by atoms with Gasteiger partial charge in [-0.25, -0.2) is 0 Å². The standard InChI is InChI=1S/C7H16N2O2/c1-7(2,4-9)5(3-8)6(10)11/h5H,3-4,8-9H2,1-2H3,(H,10,11)/p+2. The van der Waals surface area contributed by atoms with E-state index in [1.54, 1.807) is 0 Å². The second-order valence-electron chi connectivity index (χ2n) is 3.42. The van der Waals surface area contributed by atoms with Crippen molar-refractivity contribution in [3.8, 4) is 0 Å². The summed E-state index contributed by atoms with van der Waals surface area (Å²) in [6.45, 7) is 4.87. The van der Waals surface area contributed by atoms with Crippen molar-refractivity contribution in [2.45, 2.75) is 13.8 Å². The van der Waals surface area contributed by atoms with Gasteiger partial charge in [0.1, 0.15) is 5.92 Å². The molecule has 0 spiro atoms. The van der Waals surface area contributed by atoms with E-state index in [4.69, 9.17) is 5.11 Å². The summed E-state index contributed by atoms with van der Waals surface area (Å²) < 4.78 is 0. The molecule has 1 unspecified atom stereocenters. The van der Waals surface area contributed by atoms with E-state index in [2.05, 4.69) is 11.5 Å². The highest BCUT2D eigenvalue weighted by Gasteiger charge is 2.36. The number of carbonyl (C=O) groups is 1. The van der Waals surface area contributed by atoms with Crippen molar-refractivity contribution in [2.75, 3.05) is 13.1 Å². The van der Waals surface area contributed by atoms with Crippen LogP contribution in [0.1, 0.15) is 13.8 Å². The molecule has 0 heterocycles. The predicted molar refractivity (Wildman–Crippen MR) is 40.4 cm³/mol. The molecule has 11 heavy (non-hydrogen) atoms. The van der Waals surface area contributed by atoms with Crippen LogP contribution >= 0.6 is 0 Å². The highest BCUT2D eigenvalue weighted by molar-refractivity contribution is 5.71. The van der Waals surface area contributed by atoms with Crippen molar-refractivity contribution in [3.05, 3.63) is 0 Å². The van der Waals surface area contributed by atoms with E-state index < -0.39 is 5.97 Å². The molecule has 0 aromatic rings. The van der Waals surface area contributed by atoms with Crippen LogP contribution < -0.4 is 11.5 Å². The first-order valence-electron chi connectivity index (χ1n) is 3.77. The molecule has 0 fully saturated rings. The number of quaternary nitrogens is 2. The van der Waals surface area contributed by atoms with E-state index in [1.807, 2.05) is 13.8 Å². The highest BCUT2D eigenvalue weighted by atomic mass is 16.4. The first kappa shape index (κ1) is 10.4. The van der Waals surface area contributed by atoms with Crippen molar-refractivity contribution >= 4 is 5.97 Å². The third kappa shape index (κ3) is 2.48. The van der Waals surface area contributed by atoms with Crippen LogP contribution in [0.4, 0.5) is 0 Å². The molecule has 0 bridgehead atoms. The van der Waals surface area contributed by atoms with Gasteiger partial charge in [0, 0.05) is 5.41 Å². The number of rotatable bonds is 4. The van der Waals surface area contributed by atoms with Gasteiger partial charge in [0.05, 0.1) is 13.1 Å². The van der Waals surface area contributed by atoms with Crippen LogP contribution in [0.3, 0.4) is 0 Å². The van der Waals surface area contributed by atoms with Gasteiger partial charge in [0.2, 0.25) is 0 Å². The van der Waals surface area contributed by atoms with E-state index in [-0.39, 0.29) is 11.3 Å². The maximum Gasteiger partial charge on any atom is 0.313 e. The van der Waals surface area contributed by atoms with Gasteiger partial charge >= 0.3 is 5.97 Å². The van der Waals surface area contributed by atoms with Crippen molar-refractivity contribution in [1.29, 1.82) is 0 Å². The van der Waals surface area contributed by atoms with Gasteiger partial charge in [-0.05, 0) is 0 Å². The largest absolute Gasteiger partial charge is 0.481 e. The Kier molecular flexibility index (Phi) is 3.48. The summed E-state index contributed by atoms with van der Waals surface area (Å²) in [4.78, 5) is 10.7. The van der Waals surface area contributed by atoms with E-state index in [1.165, 1.54) is 0 Å². The summed E-state index contributed by atoms with van der Waals surface area (Å²) in [7, 11) is 0. The fraction of sp³-hybridized carbons (Fsp3) is 0.857. The summed E-state index contributed by atoms with van der Waals surface area (Å²) in [6, 6.07) is 0. The minimum atomic E-state index is -0.770. The van der Waals surface area contributed by atoms with E-state index >= 15 is 0 Å². The third-order valence-corrected chi connectivity index (χ3v) is 2.17. The molecule has 0 saturated carbocycles. The topological polar surface area (TPSA) is 92.6 Å². The minimum Gasteiger partial charge on any atom is -0.481 e. The highest BCUT2D eigenvalue weighted by Crippen LogP contribution is 2.23. The van der Waals surface area contributed by atoms with Crippen LogP contribution in [0, 0.1) is 11.3 Å². The molecule has 4 heteroatoms. The van der Waals surface area contributed by atoms with Crippen LogP contribution in [0.25, 0.3) is 0 Å². The Labute approximate surface area is 66.6 Å². The molecule has 0 aliphatic heterocycles. The van der Waals surface area contributed by atoms with Gasteiger partial charge in [-0.1, -0.05) is 13.8 Å². The molecule has 0 aromatic carbocycles. The molecule has 0 rings (SSSR count). The third-order valence-electron chi connectivity index (χ3n) is 2.17. The van der Waals surface area contributed by atoms with Gasteiger partial charge in [-0.2, -0.15) is 0 Å². The number of aliphatic carboxylic acids is 1. The quantitative estimate of drug-likeness (QED) is 0.455. The SMILES string of the molecule is CC(C)(C[NH3+])C(C[NH3+])C(=O)O. The molecule has 0 radical (unpaired) electrons. The summed E-state index contributed by atoms with van der Waals surface area (Å²) in [5.74, 6) is -1.14. The van der Waals surface area contributed by atoms with Gasteiger partial charge in [-0.15, -0.1) is 0 Å². The number of carboxylic acids is 1. The van der Waals surface area contributed by atoms with Crippen LogP contribution in [0.15, 0.2) is 0 Å². The molecule has 66 valence electrons.